The summed E-state index contributed by atoms with van der Waals surface area (Å²) in [5.41, 5.74) is 8.45. The molecule has 0 aliphatic carbocycles. The number of nitrogens with two attached hydrogens (primary N) is 1. The minimum atomic E-state index is -0.117. The van der Waals surface area contributed by atoms with Gasteiger partial charge in [0.2, 0.25) is 5.91 Å². The van der Waals surface area contributed by atoms with Crippen molar-refractivity contribution in [3.05, 3.63) is 46.4 Å². The number of nitrogens with zero attached hydrogens (tertiary/aromatic N) is 1. The van der Waals surface area contributed by atoms with Gasteiger partial charge in [0.05, 0.1) is 19.8 Å². The summed E-state index contributed by atoms with van der Waals surface area (Å²) in [6, 6.07) is 11.3. The number of carbonyl (C=O) groups is 1. The number of guanidine groups is 1. The topological polar surface area (TPSA) is 98.0 Å². The number of carbonyl (C=O) groups excluding carboxylic acids is 1. The Labute approximate surface area is 195 Å². The molecular weight excluding hydrogens is 551 g/mol. The first-order valence-corrected chi connectivity index (χ1v) is 9.83. The molecule has 0 saturated carbocycles. The van der Waals surface area contributed by atoms with Crippen LogP contribution in [0.3, 0.4) is 0 Å². The largest absolute Gasteiger partial charge is 0.490 e. The van der Waals surface area contributed by atoms with Crippen LogP contribution in [0.2, 0.25) is 0 Å². The Morgan fingerprint density at radius 1 is 1.14 bits per heavy atom. The Hall–Kier alpha value is -2.01. The first-order valence-electron chi connectivity index (χ1n) is 9.04. The number of aryl methyl sites for hydroxylation is 1. The van der Waals surface area contributed by atoms with E-state index >= 15 is 0 Å². The van der Waals surface area contributed by atoms with Gasteiger partial charge in [0.15, 0.2) is 17.5 Å². The highest BCUT2D eigenvalue weighted by molar-refractivity contribution is 14.0. The fourth-order valence-corrected chi connectivity index (χ4v) is 3.01. The van der Waals surface area contributed by atoms with Crippen LogP contribution in [0.15, 0.2) is 45.9 Å². The van der Waals surface area contributed by atoms with Gasteiger partial charge in [0, 0.05) is 34.8 Å². The van der Waals surface area contributed by atoms with Gasteiger partial charge >= 0.3 is 0 Å². The molecule has 0 atom stereocenters. The van der Waals surface area contributed by atoms with Gasteiger partial charge in [-0.2, -0.15) is 0 Å². The number of nitrogens with one attached hydrogen (secondary N) is 2. The number of fused-ring (bicyclic) bond motifs is 1. The second-order valence-electron chi connectivity index (χ2n) is 6.36. The Morgan fingerprint density at radius 2 is 1.90 bits per heavy atom. The Morgan fingerprint density at radius 3 is 2.69 bits per heavy atom. The number of ether oxygens (including phenoxy) is 2. The molecule has 0 spiro atoms. The van der Waals surface area contributed by atoms with Gasteiger partial charge in [-0.05, 0) is 36.8 Å². The molecule has 2 aromatic carbocycles. The first kappa shape index (κ1) is 23.3. The summed E-state index contributed by atoms with van der Waals surface area (Å²) in [6.07, 6.45) is 1.08. The van der Waals surface area contributed by atoms with Gasteiger partial charge < -0.3 is 25.8 Å². The molecule has 0 radical (unpaired) electrons. The summed E-state index contributed by atoms with van der Waals surface area (Å²) >= 11 is 3.40. The fraction of sp³-hybridized carbons (Fsp3) is 0.300. The van der Waals surface area contributed by atoms with Crippen LogP contribution in [0.25, 0.3) is 0 Å². The smallest absolute Gasteiger partial charge is 0.226 e. The normalized spacial score (nSPS) is 13.1. The number of amides is 1. The molecule has 1 aliphatic rings. The quantitative estimate of drug-likeness (QED) is 0.281. The molecule has 156 valence electrons. The lowest BCUT2D eigenvalue weighted by molar-refractivity contribution is -0.116. The molecule has 3 rings (SSSR count). The van der Waals surface area contributed by atoms with E-state index < -0.39 is 0 Å². The molecule has 0 aromatic heterocycles. The molecule has 0 bridgehead atoms. The number of rotatable bonds is 5. The maximum absolute atomic E-state index is 12.1. The van der Waals surface area contributed by atoms with Crippen LogP contribution in [0, 0.1) is 6.92 Å². The van der Waals surface area contributed by atoms with E-state index in [0.717, 1.165) is 33.6 Å². The predicted octanol–water partition coefficient (Wildman–Crippen LogP) is 4.29. The van der Waals surface area contributed by atoms with E-state index in [0.29, 0.717) is 19.0 Å². The molecule has 0 fully saturated rings. The predicted molar refractivity (Wildman–Crippen MR) is 130 cm³/mol. The SMILES string of the molecule is Cc1ccc(Br)cc1NC(=O)CCN=C(N)Nc1ccc2c(c1)OCCCO2.I. The summed E-state index contributed by atoms with van der Waals surface area (Å²) < 4.78 is 12.2. The van der Waals surface area contributed by atoms with E-state index in [1.165, 1.54) is 0 Å². The first-order chi connectivity index (χ1) is 13.5. The van der Waals surface area contributed by atoms with E-state index in [1.807, 2.05) is 43.3 Å². The molecular formula is C20H24BrIN4O3. The average Bonchev–Trinajstić information content (AvgIpc) is 2.89. The lowest BCUT2D eigenvalue weighted by Crippen LogP contribution is -2.23. The van der Waals surface area contributed by atoms with Crippen molar-refractivity contribution in [2.45, 2.75) is 19.8 Å². The van der Waals surface area contributed by atoms with Crippen molar-refractivity contribution in [3.63, 3.8) is 0 Å². The molecule has 4 N–H and O–H groups in total. The highest BCUT2D eigenvalue weighted by Gasteiger charge is 2.11. The third kappa shape index (κ3) is 7.07. The van der Waals surface area contributed by atoms with Crippen LogP contribution in [-0.4, -0.2) is 31.6 Å². The van der Waals surface area contributed by atoms with Crippen LogP contribution in [0.5, 0.6) is 11.5 Å². The van der Waals surface area contributed by atoms with Gasteiger partial charge in [-0.1, -0.05) is 22.0 Å². The van der Waals surface area contributed by atoms with Crippen LogP contribution < -0.4 is 25.8 Å². The lowest BCUT2D eigenvalue weighted by Gasteiger charge is -2.11. The number of hydrogen-bond donors (Lipinski definition) is 3. The van der Waals surface area contributed by atoms with Crippen LogP contribution in [0.1, 0.15) is 18.4 Å². The average molecular weight is 575 g/mol. The van der Waals surface area contributed by atoms with Crippen molar-refractivity contribution in [3.8, 4) is 11.5 Å². The highest BCUT2D eigenvalue weighted by Crippen LogP contribution is 2.32. The number of hydrogen-bond acceptors (Lipinski definition) is 4. The molecule has 1 aliphatic heterocycles. The second-order valence-corrected chi connectivity index (χ2v) is 7.28. The fourth-order valence-electron chi connectivity index (χ4n) is 2.65. The summed E-state index contributed by atoms with van der Waals surface area (Å²) in [7, 11) is 0. The van der Waals surface area contributed by atoms with Gasteiger partial charge in [-0.3, -0.25) is 9.79 Å². The molecule has 0 saturated heterocycles. The van der Waals surface area contributed by atoms with Crippen molar-refractivity contribution in [2.75, 3.05) is 30.4 Å². The van der Waals surface area contributed by atoms with Crippen molar-refractivity contribution in [2.24, 2.45) is 10.7 Å². The zero-order valence-corrected chi connectivity index (χ0v) is 20.0. The zero-order chi connectivity index (χ0) is 19.9. The minimum Gasteiger partial charge on any atom is -0.490 e. The molecule has 29 heavy (non-hydrogen) atoms. The van der Waals surface area contributed by atoms with Crippen LogP contribution in [0.4, 0.5) is 11.4 Å². The Bertz CT molecular complexity index is 892. The number of halogens is 2. The van der Waals surface area contributed by atoms with E-state index in [2.05, 4.69) is 31.6 Å². The molecule has 1 amide bonds. The van der Waals surface area contributed by atoms with Crippen molar-refractivity contribution in [1.29, 1.82) is 0 Å². The van der Waals surface area contributed by atoms with Gasteiger partial charge in [0.25, 0.3) is 0 Å². The number of aliphatic imine (C=N–C) groups is 1. The van der Waals surface area contributed by atoms with E-state index in [4.69, 9.17) is 15.2 Å². The third-order valence-electron chi connectivity index (χ3n) is 4.11. The van der Waals surface area contributed by atoms with Gasteiger partial charge in [0.1, 0.15) is 0 Å². The highest BCUT2D eigenvalue weighted by atomic mass is 127. The van der Waals surface area contributed by atoms with Gasteiger partial charge in [-0.15, -0.1) is 24.0 Å². The molecule has 9 heteroatoms. The van der Waals surface area contributed by atoms with Crippen molar-refractivity contribution < 1.29 is 14.3 Å². The molecule has 7 nitrogen and oxygen atoms in total. The number of anilines is 2. The van der Waals surface area contributed by atoms with E-state index in [-0.39, 0.29) is 48.8 Å². The monoisotopic (exact) mass is 574 g/mol. The summed E-state index contributed by atoms with van der Waals surface area (Å²) in [5.74, 6) is 1.52. The summed E-state index contributed by atoms with van der Waals surface area (Å²) in [4.78, 5) is 16.3. The minimum absolute atomic E-state index is 0. The van der Waals surface area contributed by atoms with E-state index in [9.17, 15) is 4.79 Å². The maximum Gasteiger partial charge on any atom is 0.226 e. The third-order valence-corrected chi connectivity index (χ3v) is 4.61. The molecule has 1 heterocycles. The Kier molecular flexibility index (Phi) is 9.02. The van der Waals surface area contributed by atoms with Crippen molar-refractivity contribution >= 4 is 63.1 Å². The Balaban J connectivity index is 0.00000300. The summed E-state index contributed by atoms with van der Waals surface area (Å²) in [6.45, 7) is 3.48. The summed E-state index contributed by atoms with van der Waals surface area (Å²) in [5, 5.41) is 5.89. The molecule has 2 aromatic rings. The second kappa shape index (κ2) is 11.2. The van der Waals surface area contributed by atoms with Gasteiger partial charge in [-0.25, -0.2) is 0 Å². The molecule has 0 unspecified atom stereocenters. The van der Waals surface area contributed by atoms with Crippen LogP contribution in [-0.2, 0) is 4.79 Å². The number of benzene rings is 2. The lowest BCUT2D eigenvalue weighted by atomic mass is 10.2. The standard InChI is InChI=1S/C20H23BrN4O3.HI/c1-13-3-4-14(21)11-16(13)25-19(26)7-8-23-20(22)24-15-5-6-17-18(12-15)28-10-2-9-27-17;/h3-6,11-12H,2,7-10H2,1H3,(H,25,26)(H3,22,23,24);1H. The zero-order valence-electron chi connectivity index (χ0n) is 16.0. The van der Waals surface area contributed by atoms with Crippen LogP contribution >= 0.6 is 39.9 Å². The van der Waals surface area contributed by atoms with E-state index in [1.54, 1.807) is 0 Å². The maximum atomic E-state index is 12.1. The van der Waals surface area contributed by atoms with Crippen molar-refractivity contribution in [1.82, 2.24) is 0 Å².